The van der Waals surface area contributed by atoms with E-state index >= 15 is 0 Å². The highest BCUT2D eigenvalue weighted by Crippen LogP contribution is 2.31. The summed E-state index contributed by atoms with van der Waals surface area (Å²) in [7, 11) is 0. The Morgan fingerprint density at radius 3 is 2.07 bits per heavy atom. The second-order valence-electron chi connectivity index (χ2n) is 5.65. The van der Waals surface area contributed by atoms with Crippen molar-refractivity contribution in [1.82, 2.24) is 4.98 Å². The molecule has 1 N–H and O–H groups in total. The molecular formula is C11H20N2S. The van der Waals surface area contributed by atoms with Gasteiger partial charge in [-0.3, -0.25) is 0 Å². The zero-order chi connectivity index (χ0) is 11.0. The first-order valence-corrected chi connectivity index (χ1v) is 5.75. The van der Waals surface area contributed by atoms with Crippen LogP contribution in [0, 0.1) is 0 Å². The third kappa shape index (κ3) is 3.29. The Morgan fingerprint density at radius 1 is 1.14 bits per heavy atom. The SMILES string of the molecule is CC(C)(C)Nc1ncc(C(C)(C)C)s1. The van der Waals surface area contributed by atoms with Gasteiger partial charge in [-0.25, -0.2) is 4.98 Å². The van der Waals surface area contributed by atoms with Crippen molar-refractivity contribution in [2.75, 3.05) is 5.32 Å². The van der Waals surface area contributed by atoms with Crippen molar-refractivity contribution < 1.29 is 0 Å². The van der Waals surface area contributed by atoms with Crippen LogP contribution in [-0.4, -0.2) is 10.5 Å². The molecule has 0 aromatic carbocycles. The molecule has 0 saturated carbocycles. The minimum Gasteiger partial charge on any atom is -0.357 e. The van der Waals surface area contributed by atoms with Crippen molar-refractivity contribution in [3.05, 3.63) is 11.1 Å². The maximum atomic E-state index is 4.38. The van der Waals surface area contributed by atoms with E-state index in [-0.39, 0.29) is 11.0 Å². The molecule has 0 aliphatic heterocycles. The topological polar surface area (TPSA) is 24.9 Å². The Hall–Kier alpha value is -0.570. The van der Waals surface area contributed by atoms with Gasteiger partial charge >= 0.3 is 0 Å². The molecule has 1 rings (SSSR count). The van der Waals surface area contributed by atoms with Crippen LogP contribution < -0.4 is 5.32 Å². The Bertz CT molecular complexity index is 302. The van der Waals surface area contributed by atoms with Gasteiger partial charge in [0.25, 0.3) is 0 Å². The highest BCUT2D eigenvalue weighted by atomic mass is 32.1. The predicted molar refractivity (Wildman–Crippen MR) is 64.2 cm³/mol. The molecule has 0 amide bonds. The monoisotopic (exact) mass is 212 g/mol. The van der Waals surface area contributed by atoms with Crippen LogP contribution in [0.3, 0.4) is 0 Å². The molecule has 0 aliphatic rings. The van der Waals surface area contributed by atoms with Crippen LogP contribution in [0.1, 0.15) is 46.4 Å². The Labute approximate surface area is 90.8 Å². The molecule has 0 radical (unpaired) electrons. The van der Waals surface area contributed by atoms with Gasteiger partial charge in [-0.15, -0.1) is 11.3 Å². The van der Waals surface area contributed by atoms with Crippen molar-refractivity contribution in [1.29, 1.82) is 0 Å². The number of aromatic nitrogens is 1. The fraction of sp³-hybridized carbons (Fsp3) is 0.727. The Kier molecular flexibility index (Phi) is 2.91. The lowest BCUT2D eigenvalue weighted by Gasteiger charge is -2.19. The van der Waals surface area contributed by atoms with Crippen LogP contribution >= 0.6 is 11.3 Å². The number of nitrogens with one attached hydrogen (secondary N) is 1. The van der Waals surface area contributed by atoms with E-state index in [0.717, 1.165) is 5.13 Å². The van der Waals surface area contributed by atoms with Crippen LogP contribution in [-0.2, 0) is 5.41 Å². The lowest BCUT2D eigenvalue weighted by molar-refractivity contribution is 0.602. The van der Waals surface area contributed by atoms with Crippen LogP contribution in [0.4, 0.5) is 5.13 Å². The molecule has 0 atom stereocenters. The van der Waals surface area contributed by atoms with E-state index in [1.165, 1.54) is 4.88 Å². The van der Waals surface area contributed by atoms with Gasteiger partial charge in [-0.05, 0) is 26.2 Å². The molecule has 1 aromatic heterocycles. The van der Waals surface area contributed by atoms with Crippen LogP contribution in [0.25, 0.3) is 0 Å². The lowest BCUT2D eigenvalue weighted by atomic mass is 9.96. The van der Waals surface area contributed by atoms with Crippen molar-refractivity contribution in [3.8, 4) is 0 Å². The predicted octanol–water partition coefficient (Wildman–Crippen LogP) is 3.65. The Balaban J connectivity index is 2.79. The summed E-state index contributed by atoms with van der Waals surface area (Å²) in [6, 6.07) is 0. The van der Waals surface area contributed by atoms with Gasteiger partial charge in [0.15, 0.2) is 5.13 Å². The third-order valence-electron chi connectivity index (χ3n) is 1.73. The first-order valence-electron chi connectivity index (χ1n) is 4.93. The minimum atomic E-state index is 0.0903. The summed E-state index contributed by atoms with van der Waals surface area (Å²) in [6.45, 7) is 13.1. The number of nitrogens with zero attached hydrogens (tertiary/aromatic N) is 1. The summed E-state index contributed by atoms with van der Waals surface area (Å²) >= 11 is 1.74. The smallest absolute Gasteiger partial charge is 0.183 e. The van der Waals surface area contributed by atoms with Gasteiger partial charge in [-0.1, -0.05) is 20.8 Å². The summed E-state index contributed by atoms with van der Waals surface area (Å²) in [5, 5.41) is 4.40. The number of thiazole rings is 1. The van der Waals surface area contributed by atoms with Crippen molar-refractivity contribution in [2.45, 2.75) is 52.5 Å². The van der Waals surface area contributed by atoms with E-state index in [2.05, 4.69) is 51.8 Å². The van der Waals surface area contributed by atoms with Gasteiger partial charge in [0.1, 0.15) is 0 Å². The molecule has 0 aliphatic carbocycles. The first kappa shape index (κ1) is 11.5. The fourth-order valence-electron chi connectivity index (χ4n) is 0.999. The van der Waals surface area contributed by atoms with Crippen LogP contribution in [0.15, 0.2) is 6.20 Å². The Morgan fingerprint density at radius 2 is 1.71 bits per heavy atom. The molecule has 0 unspecified atom stereocenters. The highest BCUT2D eigenvalue weighted by Gasteiger charge is 2.18. The summed E-state index contributed by atoms with van der Waals surface area (Å²) < 4.78 is 0. The minimum absolute atomic E-state index is 0.0903. The second kappa shape index (κ2) is 3.54. The normalized spacial score (nSPS) is 13.0. The van der Waals surface area contributed by atoms with E-state index in [0.29, 0.717) is 0 Å². The lowest BCUT2D eigenvalue weighted by Crippen LogP contribution is -2.25. The number of rotatable bonds is 1. The molecule has 0 bridgehead atoms. The average Bonchev–Trinajstić information content (AvgIpc) is 2.29. The number of hydrogen-bond acceptors (Lipinski definition) is 3. The third-order valence-corrected chi connectivity index (χ3v) is 3.07. The molecule has 1 aromatic rings. The molecule has 0 spiro atoms. The van der Waals surface area contributed by atoms with Gasteiger partial charge in [-0.2, -0.15) is 0 Å². The first-order chi connectivity index (χ1) is 6.18. The molecule has 2 nitrogen and oxygen atoms in total. The molecule has 0 fully saturated rings. The van der Waals surface area contributed by atoms with E-state index in [1.54, 1.807) is 11.3 Å². The zero-order valence-electron chi connectivity index (χ0n) is 9.93. The zero-order valence-corrected chi connectivity index (χ0v) is 10.7. The van der Waals surface area contributed by atoms with Crippen LogP contribution in [0.2, 0.25) is 0 Å². The van der Waals surface area contributed by atoms with Crippen molar-refractivity contribution in [3.63, 3.8) is 0 Å². The van der Waals surface area contributed by atoms with E-state index < -0.39 is 0 Å². The van der Waals surface area contributed by atoms with Gasteiger partial charge in [0.05, 0.1) is 0 Å². The molecule has 0 saturated heterocycles. The molecule has 80 valence electrons. The highest BCUT2D eigenvalue weighted by molar-refractivity contribution is 7.15. The summed E-state index contributed by atoms with van der Waals surface area (Å²) in [6.07, 6.45) is 1.97. The fourth-order valence-corrected chi connectivity index (χ4v) is 2.08. The molecule has 14 heavy (non-hydrogen) atoms. The van der Waals surface area contributed by atoms with E-state index in [4.69, 9.17) is 0 Å². The quantitative estimate of drug-likeness (QED) is 0.768. The summed E-state index contributed by atoms with van der Waals surface area (Å²) in [5.41, 5.74) is 0.294. The van der Waals surface area contributed by atoms with Crippen LogP contribution in [0.5, 0.6) is 0 Å². The number of anilines is 1. The largest absolute Gasteiger partial charge is 0.357 e. The van der Waals surface area contributed by atoms with Gasteiger partial charge in [0, 0.05) is 16.6 Å². The second-order valence-corrected chi connectivity index (χ2v) is 6.69. The molecule has 3 heteroatoms. The average molecular weight is 212 g/mol. The van der Waals surface area contributed by atoms with Crippen molar-refractivity contribution in [2.24, 2.45) is 0 Å². The standard InChI is InChI=1S/C11H20N2S/c1-10(2,3)8-7-12-9(14-8)13-11(4,5)6/h7H,1-6H3,(H,12,13). The van der Waals surface area contributed by atoms with Crippen molar-refractivity contribution >= 4 is 16.5 Å². The summed E-state index contributed by atoms with van der Waals surface area (Å²) in [5.74, 6) is 0. The summed E-state index contributed by atoms with van der Waals surface area (Å²) in [4.78, 5) is 5.70. The van der Waals surface area contributed by atoms with E-state index in [1.807, 2.05) is 6.20 Å². The van der Waals surface area contributed by atoms with Gasteiger partial charge < -0.3 is 5.32 Å². The maximum absolute atomic E-state index is 4.38. The number of hydrogen-bond donors (Lipinski definition) is 1. The maximum Gasteiger partial charge on any atom is 0.183 e. The molecule has 1 heterocycles. The van der Waals surface area contributed by atoms with E-state index in [9.17, 15) is 0 Å². The molecular weight excluding hydrogens is 192 g/mol. The van der Waals surface area contributed by atoms with Gasteiger partial charge in [0.2, 0.25) is 0 Å².